The summed E-state index contributed by atoms with van der Waals surface area (Å²) in [6.07, 6.45) is 3.09. The molecule has 2 aromatic heterocycles. The normalized spacial score (nSPS) is 18.1. The minimum Gasteiger partial charge on any atom is -0.507 e. The van der Waals surface area contributed by atoms with Crippen molar-refractivity contribution in [3.8, 4) is 5.75 Å². The van der Waals surface area contributed by atoms with Gasteiger partial charge in [-0.05, 0) is 55.0 Å². The molecular weight excluding hydrogens is 384 g/mol. The third kappa shape index (κ3) is 3.34. The Morgan fingerprint density at radius 3 is 2.67 bits per heavy atom. The molecule has 3 aromatic rings. The molecule has 1 aliphatic rings. The molecule has 7 heteroatoms. The average Bonchev–Trinajstić information content (AvgIpc) is 3.37. The third-order valence-electron chi connectivity index (χ3n) is 5.08. The lowest BCUT2D eigenvalue weighted by Crippen LogP contribution is -2.29. The van der Waals surface area contributed by atoms with Gasteiger partial charge in [0.05, 0.1) is 31.2 Å². The zero-order valence-corrected chi connectivity index (χ0v) is 16.5. The number of ether oxygens (including phenoxy) is 1. The fraction of sp³-hybridized carbons (Fsp3) is 0.174. The molecule has 1 aliphatic heterocycles. The quantitative estimate of drug-likeness (QED) is 0.397. The SMILES string of the molecule is COc1ccc(/C(O)=C2/C(=O)C(=O)N(Cc3ccccn3)C2c2ccco2)cc1C. The average molecular weight is 404 g/mol. The molecule has 152 valence electrons. The molecule has 0 saturated carbocycles. The van der Waals surface area contributed by atoms with Crippen LogP contribution in [-0.2, 0) is 16.1 Å². The number of benzene rings is 1. The van der Waals surface area contributed by atoms with Gasteiger partial charge < -0.3 is 19.2 Å². The van der Waals surface area contributed by atoms with Crippen LogP contribution in [-0.4, -0.2) is 33.8 Å². The van der Waals surface area contributed by atoms with Crippen LogP contribution in [0, 0.1) is 6.92 Å². The topological polar surface area (TPSA) is 92.9 Å². The number of hydrogen-bond acceptors (Lipinski definition) is 6. The van der Waals surface area contributed by atoms with Crippen LogP contribution in [0.15, 0.2) is 71.0 Å². The van der Waals surface area contributed by atoms with E-state index in [2.05, 4.69) is 4.98 Å². The summed E-state index contributed by atoms with van der Waals surface area (Å²) in [6.45, 7) is 1.94. The smallest absolute Gasteiger partial charge is 0.296 e. The number of aliphatic hydroxyl groups excluding tert-OH is 1. The van der Waals surface area contributed by atoms with E-state index >= 15 is 0 Å². The molecule has 1 aromatic carbocycles. The molecule has 30 heavy (non-hydrogen) atoms. The molecule has 0 radical (unpaired) electrons. The van der Waals surface area contributed by atoms with E-state index < -0.39 is 17.7 Å². The van der Waals surface area contributed by atoms with Gasteiger partial charge in [0.2, 0.25) is 0 Å². The minimum atomic E-state index is -0.857. The lowest BCUT2D eigenvalue weighted by Gasteiger charge is -2.23. The fourth-order valence-electron chi connectivity index (χ4n) is 3.63. The first-order valence-corrected chi connectivity index (χ1v) is 9.38. The number of aromatic nitrogens is 1. The van der Waals surface area contributed by atoms with E-state index in [1.165, 1.54) is 11.2 Å². The third-order valence-corrected chi connectivity index (χ3v) is 5.08. The molecule has 1 fully saturated rings. The highest BCUT2D eigenvalue weighted by atomic mass is 16.5. The summed E-state index contributed by atoms with van der Waals surface area (Å²) in [5, 5.41) is 11.0. The van der Waals surface area contributed by atoms with Crippen molar-refractivity contribution < 1.29 is 23.8 Å². The maximum absolute atomic E-state index is 12.9. The fourth-order valence-corrected chi connectivity index (χ4v) is 3.63. The van der Waals surface area contributed by atoms with E-state index in [0.29, 0.717) is 22.8 Å². The highest BCUT2D eigenvalue weighted by molar-refractivity contribution is 6.46. The van der Waals surface area contributed by atoms with Crippen molar-refractivity contribution in [2.24, 2.45) is 0 Å². The molecule has 1 atom stereocenters. The van der Waals surface area contributed by atoms with Crippen molar-refractivity contribution in [1.29, 1.82) is 0 Å². The lowest BCUT2D eigenvalue weighted by molar-refractivity contribution is -0.140. The van der Waals surface area contributed by atoms with E-state index in [9.17, 15) is 14.7 Å². The molecule has 3 heterocycles. The molecule has 1 amide bonds. The summed E-state index contributed by atoms with van der Waals surface area (Å²) < 4.78 is 10.8. The number of methoxy groups -OCH3 is 1. The Balaban J connectivity index is 1.83. The number of carbonyl (C=O) groups is 2. The molecule has 0 aliphatic carbocycles. The lowest BCUT2D eigenvalue weighted by atomic mass is 9.98. The maximum Gasteiger partial charge on any atom is 0.296 e. The highest BCUT2D eigenvalue weighted by Gasteiger charge is 2.47. The number of likely N-dealkylation sites (tertiary alicyclic amines) is 1. The van der Waals surface area contributed by atoms with Crippen LogP contribution in [0.1, 0.15) is 28.6 Å². The van der Waals surface area contributed by atoms with Gasteiger partial charge in [0.15, 0.2) is 0 Å². The first kappa shape index (κ1) is 19.4. The van der Waals surface area contributed by atoms with Gasteiger partial charge in [-0.1, -0.05) is 6.07 Å². The minimum absolute atomic E-state index is 0.0181. The Kier molecular flexibility index (Phi) is 5.10. The Morgan fingerprint density at radius 1 is 1.20 bits per heavy atom. The van der Waals surface area contributed by atoms with Crippen molar-refractivity contribution in [1.82, 2.24) is 9.88 Å². The van der Waals surface area contributed by atoms with E-state index in [4.69, 9.17) is 9.15 Å². The van der Waals surface area contributed by atoms with Gasteiger partial charge in [-0.3, -0.25) is 14.6 Å². The van der Waals surface area contributed by atoms with Crippen molar-refractivity contribution in [3.05, 3.63) is 89.1 Å². The van der Waals surface area contributed by atoms with Crippen molar-refractivity contribution >= 4 is 17.4 Å². The predicted molar refractivity (Wildman–Crippen MR) is 109 cm³/mol. The summed E-state index contributed by atoms with van der Waals surface area (Å²) in [6, 6.07) is 12.9. The number of aryl methyl sites for hydroxylation is 1. The van der Waals surface area contributed by atoms with Crippen LogP contribution in [0.3, 0.4) is 0 Å². The first-order valence-electron chi connectivity index (χ1n) is 9.38. The van der Waals surface area contributed by atoms with Crippen LogP contribution >= 0.6 is 0 Å². The number of nitrogens with zero attached hydrogens (tertiary/aromatic N) is 2. The zero-order chi connectivity index (χ0) is 21.3. The second kappa shape index (κ2) is 7.87. The van der Waals surface area contributed by atoms with Gasteiger partial charge >= 0.3 is 0 Å². The van der Waals surface area contributed by atoms with Crippen LogP contribution in [0.25, 0.3) is 5.76 Å². The summed E-state index contributed by atoms with van der Waals surface area (Å²) in [5.74, 6) is -0.696. The summed E-state index contributed by atoms with van der Waals surface area (Å²) in [7, 11) is 1.56. The number of pyridine rings is 1. The van der Waals surface area contributed by atoms with Gasteiger partial charge in [-0.15, -0.1) is 0 Å². The number of carbonyl (C=O) groups excluding carboxylic acids is 2. The van der Waals surface area contributed by atoms with Crippen molar-refractivity contribution in [2.45, 2.75) is 19.5 Å². The van der Waals surface area contributed by atoms with Crippen LogP contribution in [0.5, 0.6) is 5.75 Å². The Hall–Kier alpha value is -3.87. The number of ketones is 1. The number of amides is 1. The number of aliphatic hydroxyl groups is 1. The second-order valence-corrected chi connectivity index (χ2v) is 6.95. The van der Waals surface area contributed by atoms with Gasteiger partial charge in [0.25, 0.3) is 11.7 Å². The first-order chi connectivity index (χ1) is 14.5. The van der Waals surface area contributed by atoms with E-state index in [0.717, 1.165) is 5.56 Å². The van der Waals surface area contributed by atoms with Gasteiger partial charge in [-0.25, -0.2) is 0 Å². The summed E-state index contributed by atoms with van der Waals surface area (Å²) in [5.41, 5.74) is 1.81. The summed E-state index contributed by atoms with van der Waals surface area (Å²) in [4.78, 5) is 31.4. The monoisotopic (exact) mass is 404 g/mol. The Labute approximate surface area is 173 Å². The van der Waals surface area contributed by atoms with Crippen molar-refractivity contribution in [3.63, 3.8) is 0 Å². The highest BCUT2D eigenvalue weighted by Crippen LogP contribution is 2.40. The van der Waals surface area contributed by atoms with E-state index in [1.54, 1.807) is 61.8 Å². The molecule has 4 rings (SSSR count). The largest absolute Gasteiger partial charge is 0.507 e. The molecule has 1 unspecified atom stereocenters. The number of rotatable bonds is 5. The predicted octanol–water partition coefficient (Wildman–Crippen LogP) is 3.61. The molecular formula is C23H20N2O5. The Bertz CT molecular complexity index is 1120. The van der Waals surface area contributed by atoms with Crippen molar-refractivity contribution in [2.75, 3.05) is 7.11 Å². The molecule has 0 bridgehead atoms. The van der Waals surface area contributed by atoms with Gasteiger partial charge in [-0.2, -0.15) is 0 Å². The summed E-state index contributed by atoms with van der Waals surface area (Å²) >= 11 is 0. The Morgan fingerprint density at radius 2 is 2.03 bits per heavy atom. The zero-order valence-electron chi connectivity index (χ0n) is 16.5. The van der Waals surface area contributed by atoms with E-state index in [-0.39, 0.29) is 17.9 Å². The number of hydrogen-bond donors (Lipinski definition) is 1. The second-order valence-electron chi connectivity index (χ2n) is 6.95. The molecule has 1 saturated heterocycles. The molecule has 0 spiro atoms. The van der Waals surface area contributed by atoms with Crippen LogP contribution in [0.2, 0.25) is 0 Å². The number of Topliss-reactive ketones (excluding diaryl/α,β-unsaturated/α-hetero) is 1. The molecule has 7 nitrogen and oxygen atoms in total. The standard InChI is InChI=1S/C23H20N2O5/c1-14-12-15(8-9-17(14)29-2)21(26)19-20(18-7-5-11-30-18)25(23(28)22(19)27)13-16-6-3-4-10-24-16/h3-12,20,26H,13H2,1-2H3/b21-19-. The van der Waals surface area contributed by atoms with Crippen LogP contribution < -0.4 is 4.74 Å². The number of furan rings is 1. The van der Waals surface area contributed by atoms with Gasteiger partial charge in [0.1, 0.15) is 23.3 Å². The van der Waals surface area contributed by atoms with E-state index in [1.807, 2.05) is 6.92 Å². The molecule has 1 N–H and O–H groups in total. The maximum atomic E-state index is 12.9. The van der Waals surface area contributed by atoms with Crippen LogP contribution in [0.4, 0.5) is 0 Å². The van der Waals surface area contributed by atoms with Gasteiger partial charge in [0, 0.05) is 11.8 Å².